The summed E-state index contributed by atoms with van der Waals surface area (Å²) in [6.07, 6.45) is 2.52. The molecule has 0 bridgehead atoms. The molecule has 1 aromatic heterocycles. The number of carbonyl (C=O) groups excluding carboxylic acids is 1. The summed E-state index contributed by atoms with van der Waals surface area (Å²) in [6, 6.07) is 10.8. The van der Waals surface area contributed by atoms with E-state index in [2.05, 4.69) is 15.6 Å². The summed E-state index contributed by atoms with van der Waals surface area (Å²) in [5.74, 6) is -0.189. The molecule has 0 fully saturated rings. The van der Waals surface area contributed by atoms with E-state index in [1.807, 2.05) is 18.2 Å². The number of hydrogen-bond donors (Lipinski definition) is 2. The molecule has 110 valence electrons. The van der Waals surface area contributed by atoms with Crippen molar-refractivity contribution in [2.75, 3.05) is 18.4 Å². The highest BCUT2D eigenvalue weighted by atomic mass is 35.5. The quantitative estimate of drug-likeness (QED) is 0.803. The molecule has 0 spiro atoms. The topological polar surface area (TPSA) is 54.0 Å². The van der Waals surface area contributed by atoms with Gasteiger partial charge in [-0.25, -0.2) is 0 Å². The van der Waals surface area contributed by atoms with Crippen LogP contribution in [0.1, 0.15) is 5.69 Å². The highest BCUT2D eigenvalue weighted by Crippen LogP contribution is 2.29. The molecule has 0 saturated heterocycles. The molecule has 1 aromatic carbocycles. The van der Waals surface area contributed by atoms with E-state index in [1.54, 1.807) is 24.4 Å². The van der Waals surface area contributed by atoms with Crippen molar-refractivity contribution in [3.8, 4) is 0 Å². The molecule has 0 aliphatic heterocycles. The smallest absolute Gasteiger partial charge is 0.238 e. The molecule has 6 heteroatoms. The Hall–Kier alpha value is -1.62. The lowest BCUT2D eigenvalue weighted by Crippen LogP contribution is -2.29. The lowest BCUT2D eigenvalue weighted by molar-refractivity contribution is -0.115. The van der Waals surface area contributed by atoms with Gasteiger partial charge in [-0.05, 0) is 24.3 Å². The molecule has 2 rings (SSSR count). The van der Waals surface area contributed by atoms with Gasteiger partial charge in [0.15, 0.2) is 0 Å². The van der Waals surface area contributed by atoms with Crippen LogP contribution < -0.4 is 10.6 Å². The van der Waals surface area contributed by atoms with E-state index >= 15 is 0 Å². The van der Waals surface area contributed by atoms with Crippen molar-refractivity contribution < 1.29 is 4.79 Å². The predicted molar refractivity (Wildman–Crippen MR) is 85.9 cm³/mol. The van der Waals surface area contributed by atoms with Crippen molar-refractivity contribution in [3.05, 3.63) is 58.3 Å². The standard InChI is InChI=1S/C15H15Cl2N3O/c16-12-5-3-6-13(17)15(12)20-14(21)10-18-9-7-11-4-1-2-8-19-11/h1-6,8,18H,7,9-10H2,(H,20,21). The van der Waals surface area contributed by atoms with Crippen LogP contribution in [0.4, 0.5) is 5.69 Å². The molecule has 1 heterocycles. The Labute approximate surface area is 133 Å². The fourth-order valence-corrected chi connectivity index (χ4v) is 2.26. The normalized spacial score (nSPS) is 10.4. The molecule has 0 aliphatic carbocycles. The molecule has 2 N–H and O–H groups in total. The first kappa shape index (κ1) is 15.8. The summed E-state index contributed by atoms with van der Waals surface area (Å²) in [5.41, 5.74) is 1.43. The Morgan fingerprint density at radius 1 is 1.10 bits per heavy atom. The number of carbonyl (C=O) groups is 1. The predicted octanol–water partition coefficient (Wildman–Crippen LogP) is 3.16. The molecule has 0 atom stereocenters. The molecule has 0 saturated carbocycles. The van der Waals surface area contributed by atoms with E-state index in [4.69, 9.17) is 23.2 Å². The maximum absolute atomic E-state index is 11.8. The van der Waals surface area contributed by atoms with Crippen molar-refractivity contribution in [1.29, 1.82) is 0 Å². The number of benzene rings is 1. The molecular weight excluding hydrogens is 309 g/mol. The van der Waals surface area contributed by atoms with Gasteiger partial charge in [-0.3, -0.25) is 9.78 Å². The van der Waals surface area contributed by atoms with E-state index in [1.165, 1.54) is 0 Å². The first-order valence-electron chi connectivity index (χ1n) is 6.51. The highest BCUT2D eigenvalue weighted by Gasteiger charge is 2.08. The number of halogens is 2. The van der Waals surface area contributed by atoms with Crippen LogP contribution in [0.2, 0.25) is 10.0 Å². The molecule has 21 heavy (non-hydrogen) atoms. The number of aromatic nitrogens is 1. The fourth-order valence-electron chi connectivity index (χ4n) is 1.77. The summed E-state index contributed by atoms with van der Waals surface area (Å²) in [6.45, 7) is 0.856. The number of amides is 1. The number of para-hydroxylation sites is 1. The van der Waals surface area contributed by atoms with Gasteiger partial charge in [0.1, 0.15) is 0 Å². The molecule has 0 aliphatic rings. The minimum Gasteiger partial charge on any atom is -0.322 e. The van der Waals surface area contributed by atoms with Crippen LogP contribution in [0.5, 0.6) is 0 Å². The monoisotopic (exact) mass is 323 g/mol. The minimum atomic E-state index is -0.189. The number of nitrogens with zero attached hydrogens (tertiary/aromatic N) is 1. The Morgan fingerprint density at radius 3 is 2.52 bits per heavy atom. The zero-order chi connectivity index (χ0) is 15.1. The van der Waals surface area contributed by atoms with E-state index < -0.39 is 0 Å². The van der Waals surface area contributed by atoms with Gasteiger partial charge in [-0.2, -0.15) is 0 Å². The molecule has 0 radical (unpaired) electrons. The minimum absolute atomic E-state index is 0.189. The molecule has 4 nitrogen and oxygen atoms in total. The van der Waals surface area contributed by atoms with Gasteiger partial charge in [0.05, 0.1) is 22.3 Å². The summed E-state index contributed by atoms with van der Waals surface area (Å²) in [4.78, 5) is 16.0. The number of rotatable bonds is 6. The Kier molecular flexibility index (Phi) is 5.99. The summed E-state index contributed by atoms with van der Waals surface area (Å²) < 4.78 is 0. The van der Waals surface area contributed by atoms with Crippen molar-refractivity contribution in [2.24, 2.45) is 0 Å². The second-order valence-electron chi connectivity index (χ2n) is 4.39. The van der Waals surface area contributed by atoms with Gasteiger partial charge in [0.2, 0.25) is 5.91 Å². The van der Waals surface area contributed by atoms with E-state index in [-0.39, 0.29) is 12.5 Å². The lowest BCUT2D eigenvalue weighted by Gasteiger charge is -2.09. The van der Waals surface area contributed by atoms with Crippen molar-refractivity contribution in [2.45, 2.75) is 6.42 Å². The van der Waals surface area contributed by atoms with Crippen LogP contribution in [-0.4, -0.2) is 24.0 Å². The van der Waals surface area contributed by atoms with Crippen LogP contribution in [0.15, 0.2) is 42.6 Å². The zero-order valence-corrected chi connectivity index (χ0v) is 12.8. The van der Waals surface area contributed by atoms with E-state index in [0.29, 0.717) is 22.3 Å². The maximum Gasteiger partial charge on any atom is 0.238 e. The third-order valence-electron chi connectivity index (χ3n) is 2.80. The Bertz CT molecular complexity index is 585. The van der Waals surface area contributed by atoms with Gasteiger partial charge < -0.3 is 10.6 Å². The number of anilines is 1. The van der Waals surface area contributed by atoms with Crippen LogP contribution in [0, 0.1) is 0 Å². The Morgan fingerprint density at radius 2 is 1.86 bits per heavy atom. The van der Waals surface area contributed by atoms with E-state index in [0.717, 1.165) is 12.1 Å². The lowest BCUT2D eigenvalue weighted by atomic mass is 10.3. The average Bonchev–Trinajstić information content (AvgIpc) is 2.49. The van der Waals surface area contributed by atoms with Gasteiger partial charge in [-0.15, -0.1) is 0 Å². The van der Waals surface area contributed by atoms with Gasteiger partial charge >= 0.3 is 0 Å². The number of hydrogen-bond acceptors (Lipinski definition) is 3. The first-order chi connectivity index (χ1) is 10.2. The molecule has 0 unspecified atom stereocenters. The van der Waals surface area contributed by atoms with Crippen LogP contribution >= 0.6 is 23.2 Å². The van der Waals surface area contributed by atoms with Crippen LogP contribution in [0.3, 0.4) is 0 Å². The largest absolute Gasteiger partial charge is 0.322 e. The van der Waals surface area contributed by atoms with Gasteiger partial charge in [0, 0.05) is 24.9 Å². The second-order valence-corrected chi connectivity index (χ2v) is 5.21. The SMILES string of the molecule is O=C(CNCCc1ccccn1)Nc1c(Cl)cccc1Cl. The van der Waals surface area contributed by atoms with Gasteiger partial charge in [-0.1, -0.05) is 35.3 Å². The average molecular weight is 324 g/mol. The summed E-state index contributed by atoms with van der Waals surface area (Å²) in [7, 11) is 0. The second kappa shape index (κ2) is 7.98. The van der Waals surface area contributed by atoms with Gasteiger partial charge in [0.25, 0.3) is 0 Å². The van der Waals surface area contributed by atoms with Crippen molar-refractivity contribution in [3.63, 3.8) is 0 Å². The van der Waals surface area contributed by atoms with Crippen molar-refractivity contribution >= 4 is 34.8 Å². The van der Waals surface area contributed by atoms with E-state index in [9.17, 15) is 4.79 Å². The Balaban J connectivity index is 1.75. The zero-order valence-electron chi connectivity index (χ0n) is 11.3. The fraction of sp³-hybridized carbons (Fsp3) is 0.200. The maximum atomic E-state index is 11.8. The van der Waals surface area contributed by atoms with Crippen molar-refractivity contribution in [1.82, 2.24) is 10.3 Å². The molecule has 2 aromatic rings. The van der Waals surface area contributed by atoms with Crippen LogP contribution in [-0.2, 0) is 11.2 Å². The molecule has 1 amide bonds. The third kappa shape index (κ3) is 5.01. The first-order valence-corrected chi connectivity index (χ1v) is 7.27. The van der Waals surface area contributed by atoms with Crippen LogP contribution in [0.25, 0.3) is 0 Å². The molecular formula is C15H15Cl2N3O. The highest BCUT2D eigenvalue weighted by molar-refractivity contribution is 6.39. The third-order valence-corrected chi connectivity index (χ3v) is 3.43. The summed E-state index contributed by atoms with van der Waals surface area (Å²) >= 11 is 12.0. The number of nitrogens with one attached hydrogen (secondary N) is 2. The number of pyridine rings is 1. The summed E-state index contributed by atoms with van der Waals surface area (Å²) in [5, 5.41) is 6.59.